The molecule has 0 fully saturated rings. The van der Waals surface area contributed by atoms with Crippen LogP contribution in [0.5, 0.6) is 0 Å². The fourth-order valence-electron chi connectivity index (χ4n) is 2.55. The van der Waals surface area contributed by atoms with Crippen LogP contribution in [-0.2, 0) is 4.74 Å². The first-order chi connectivity index (χ1) is 12.6. The first-order valence-corrected chi connectivity index (χ1v) is 8.67. The molecule has 7 heteroatoms. The number of hydrogen-bond acceptors (Lipinski definition) is 6. The van der Waals surface area contributed by atoms with Crippen LogP contribution < -0.4 is 10.2 Å². The van der Waals surface area contributed by atoms with Crippen LogP contribution >= 0.6 is 0 Å². The maximum atomic E-state index is 12.6. The zero-order chi connectivity index (χ0) is 18.9. The Morgan fingerprint density at radius 3 is 2.46 bits per heavy atom. The monoisotopic (exact) mass is 356 g/mol. The number of rotatable bonds is 8. The van der Waals surface area contributed by atoms with Crippen LogP contribution in [0.15, 0.2) is 36.5 Å². The molecule has 7 nitrogen and oxygen atoms in total. The molecule has 1 aromatic heterocycles. The topological polar surface area (TPSA) is 84.4 Å². The van der Waals surface area contributed by atoms with E-state index in [1.165, 1.54) is 7.11 Å². The Bertz CT molecular complexity index is 758. The molecular formula is C19H24N4O3. The molecule has 1 N–H and O–H groups in total. The number of carbonyl (C=O) groups is 2. The Balaban J connectivity index is 2.23. The third-order valence-corrected chi connectivity index (χ3v) is 3.73. The number of ether oxygens (including phenoxy) is 1. The van der Waals surface area contributed by atoms with Crippen LogP contribution in [0.3, 0.4) is 0 Å². The number of carbonyl (C=O) groups excluding carboxylic acids is 2. The molecule has 0 aliphatic rings. The summed E-state index contributed by atoms with van der Waals surface area (Å²) in [7, 11) is 1.30. The summed E-state index contributed by atoms with van der Waals surface area (Å²) in [5.41, 5.74) is 0.909. The Labute approximate surface area is 153 Å². The van der Waals surface area contributed by atoms with E-state index in [1.54, 1.807) is 36.5 Å². The van der Waals surface area contributed by atoms with Crippen molar-refractivity contribution in [2.45, 2.75) is 26.7 Å². The van der Waals surface area contributed by atoms with Crippen molar-refractivity contribution in [3.8, 4) is 0 Å². The SMILES string of the molecule is CCCN(CCC)c1nccc(C(=O)Nc2ccccc2C(=O)OC)n1. The summed E-state index contributed by atoms with van der Waals surface area (Å²) in [5.74, 6) is -0.387. The van der Waals surface area contributed by atoms with E-state index in [1.807, 2.05) is 0 Å². The van der Waals surface area contributed by atoms with E-state index in [0.29, 0.717) is 11.6 Å². The smallest absolute Gasteiger partial charge is 0.339 e. The third-order valence-electron chi connectivity index (χ3n) is 3.73. The van der Waals surface area contributed by atoms with Crippen LogP contribution in [0.4, 0.5) is 11.6 Å². The van der Waals surface area contributed by atoms with Gasteiger partial charge in [0.05, 0.1) is 18.4 Å². The Kier molecular flexibility index (Phi) is 7.08. The largest absolute Gasteiger partial charge is 0.465 e. The molecule has 1 amide bonds. The van der Waals surface area contributed by atoms with Crippen molar-refractivity contribution >= 4 is 23.5 Å². The second-order valence-corrected chi connectivity index (χ2v) is 5.72. The highest BCUT2D eigenvalue weighted by Crippen LogP contribution is 2.17. The highest BCUT2D eigenvalue weighted by molar-refractivity contribution is 6.07. The van der Waals surface area contributed by atoms with Gasteiger partial charge in [0, 0.05) is 19.3 Å². The van der Waals surface area contributed by atoms with E-state index in [2.05, 4.69) is 34.0 Å². The van der Waals surface area contributed by atoms with E-state index in [9.17, 15) is 9.59 Å². The molecule has 2 aromatic rings. The second kappa shape index (κ2) is 9.50. The summed E-state index contributed by atoms with van der Waals surface area (Å²) in [6.45, 7) is 5.82. The van der Waals surface area contributed by atoms with Gasteiger partial charge < -0.3 is 15.0 Å². The molecular weight excluding hydrogens is 332 g/mol. The summed E-state index contributed by atoms with van der Waals surface area (Å²) >= 11 is 0. The quantitative estimate of drug-likeness (QED) is 0.732. The lowest BCUT2D eigenvalue weighted by molar-refractivity contribution is 0.0602. The van der Waals surface area contributed by atoms with Gasteiger partial charge in [0.15, 0.2) is 0 Å². The third kappa shape index (κ3) is 4.78. The molecule has 0 bridgehead atoms. The van der Waals surface area contributed by atoms with Gasteiger partial charge in [0.2, 0.25) is 5.95 Å². The molecule has 0 saturated heterocycles. The molecule has 0 aliphatic carbocycles. The fraction of sp³-hybridized carbons (Fsp3) is 0.368. The summed E-state index contributed by atoms with van der Waals surface area (Å²) in [4.78, 5) is 35.2. The van der Waals surface area contributed by atoms with E-state index < -0.39 is 11.9 Å². The van der Waals surface area contributed by atoms with Gasteiger partial charge >= 0.3 is 5.97 Å². The number of para-hydroxylation sites is 1. The lowest BCUT2D eigenvalue weighted by Gasteiger charge is -2.21. The predicted octanol–water partition coefficient (Wildman–Crippen LogP) is 3.14. The zero-order valence-corrected chi connectivity index (χ0v) is 15.4. The number of esters is 1. The van der Waals surface area contributed by atoms with Crippen LogP contribution in [0.1, 0.15) is 47.5 Å². The van der Waals surface area contributed by atoms with E-state index >= 15 is 0 Å². The molecule has 0 spiro atoms. The molecule has 0 unspecified atom stereocenters. The van der Waals surface area contributed by atoms with Gasteiger partial charge in [-0.15, -0.1) is 0 Å². The lowest BCUT2D eigenvalue weighted by atomic mass is 10.1. The summed E-state index contributed by atoms with van der Waals surface area (Å²) in [6, 6.07) is 8.23. The lowest BCUT2D eigenvalue weighted by Crippen LogP contribution is -2.28. The first-order valence-electron chi connectivity index (χ1n) is 8.67. The minimum atomic E-state index is -0.513. The molecule has 0 atom stereocenters. The van der Waals surface area contributed by atoms with Crippen molar-refractivity contribution in [1.82, 2.24) is 9.97 Å². The maximum Gasteiger partial charge on any atom is 0.339 e. The highest BCUT2D eigenvalue weighted by Gasteiger charge is 2.16. The number of methoxy groups -OCH3 is 1. The Morgan fingerprint density at radius 2 is 1.81 bits per heavy atom. The van der Waals surface area contributed by atoms with Crippen LogP contribution in [0.25, 0.3) is 0 Å². The molecule has 0 radical (unpaired) electrons. The van der Waals surface area contributed by atoms with Gasteiger partial charge in [-0.05, 0) is 31.0 Å². The minimum Gasteiger partial charge on any atom is -0.465 e. The zero-order valence-electron chi connectivity index (χ0n) is 15.4. The average molecular weight is 356 g/mol. The average Bonchev–Trinajstić information content (AvgIpc) is 2.67. The number of aromatic nitrogens is 2. The highest BCUT2D eigenvalue weighted by atomic mass is 16.5. The number of benzene rings is 1. The number of anilines is 2. The van der Waals surface area contributed by atoms with Gasteiger partial charge in [-0.3, -0.25) is 4.79 Å². The van der Waals surface area contributed by atoms with Crippen molar-refractivity contribution < 1.29 is 14.3 Å². The number of amides is 1. The molecule has 1 heterocycles. The molecule has 138 valence electrons. The van der Waals surface area contributed by atoms with Crippen molar-refractivity contribution in [1.29, 1.82) is 0 Å². The van der Waals surface area contributed by atoms with E-state index in [4.69, 9.17) is 4.74 Å². The van der Waals surface area contributed by atoms with Gasteiger partial charge in [-0.2, -0.15) is 0 Å². The van der Waals surface area contributed by atoms with Crippen LogP contribution in [-0.4, -0.2) is 42.0 Å². The van der Waals surface area contributed by atoms with Gasteiger partial charge in [0.1, 0.15) is 5.69 Å². The van der Waals surface area contributed by atoms with Crippen LogP contribution in [0.2, 0.25) is 0 Å². The van der Waals surface area contributed by atoms with Crippen molar-refractivity contribution in [3.63, 3.8) is 0 Å². The number of nitrogens with one attached hydrogen (secondary N) is 1. The predicted molar refractivity (Wildman–Crippen MR) is 101 cm³/mol. The van der Waals surface area contributed by atoms with Gasteiger partial charge in [0.25, 0.3) is 5.91 Å². The Hall–Kier alpha value is -2.96. The molecule has 2 rings (SSSR count). The van der Waals surface area contributed by atoms with Gasteiger partial charge in [-0.1, -0.05) is 26.0 Å². The minimum absolute atomic E-state index is 0.242. The maximum absolute atomic E-state index is 12.6. The summed E-state index contributed by atoms with van der Waals surface area (Å²) < 4.78 is 4.75. The van der Waals surface area contributed by atoms with Crippen LogP contribution in [0, 0.1) is 0 Å². The normalized spacial score (nSPS) is 10.3. The Morgan fingerprint density at radius 1 is 1.12 bits per heavy atom. The second-order valence-electron chi connectivity index (χ2n) is 5.72. The molecule has 0 saturated carbocycles. The summed E-state index contributed by atoms with van der Waals surface area (Å²) in [5, 5.41) is 2.72. The number of hydrogen-bond donors (Lipinski definition) is 1. The molecule has 1 aromatic carbocycles. The summed E-state index contributed by atoms with van der Waals surface area (Å²) in [6.07, 6.45) is 3.50. The van der Waals surface area contributed by atoms with E-state index in [0.717, 1.165) is 25.9 Å². The number of nitrogens with zero attached hydrogens (tertiary/aromatic N) is 3. The van der Waals surface area contributed by atoms with Crippen molar-refractivity contribution in [2.24, 2.45) is 0 Å². The van der Waals surface area contributed by atoms with E-state index in [-0.39, 0.29) is 11.3 Å². The van der Waals surface area contributed by atoms with Crippen molar-refractivity contribution in [2.75, 3.05) is 30.4 Å². The first kappa shape index (κ1) is 19.4. The standard InChI is InChI=1S/C19H24N4O3/c1-4-12-23(13-5-2)19-20-11-10-16(22-19)17(24)21-15-9-7-6-8-14(15)18(25)26-3/h6-11H,4-5,12-13H2,1-3H3,(H,21,24). The molecule has 0 aliphatic heterocycles. The fourth-order valence-corrected chi connectivity index (χ4v) is 2.55. The van der Waals surface area contributed by atoms with Gasteiger partial charge in [-0.25, -0.2) is 14.8 Å². The van der Waals surface area contributed by atoms with Crippen molar-refractivity contribution in [3.05, 3.63) is 47.8 Å². The molecule has 26 heavy (non-hydrogen) atoms.